The number of hydrogen-bond donors (Lipinski definition) is 2. The Labute approximate surface area is 220 Å². The van der Waals surface area contributed by atoms with E-state index in [-0.39, 0.29) is 18.0 Å². The minimum absolute atomic E-state index is 0.0579. The van der Waals surface area contributed by atoms with E-state index in [1.54, 1.807) is 12.1 Å². The second kappa shape index (κ2) is 12.0. The van der Waals surface area contributed by atoms with E-state index in [2.05, 4.69) is 54.6 Å². The number of amides is 1. The molecular weight excluding hydrogens is 462 g/mol. The molecule has 1 fully saturated rings. The summed E-state index contributed by atoms with van der Waals surface area (Å²) in [4.78, 5) is 27.5. The van der Waals surface area contributed by atoms with Gasteiger partial charge in [0, 0.05) is 30.6 Å². The predicted octanol–water partition coefficient (Wildman–Crippen LogP) is 6.29. The van der Waals surface area contributed by atoms with Crippen molar-refractivity contribution >= 4 is 22.8 Å². The summed E-state index contributed by atoms with van der Waals surface area (Å²) in [5.74, 6) is -0.614. The van der Waals surface area contributed by atoms with Crippen LogP contribution in [0.5, 0.6) is 0 Å². The van der Waals surface area contributed by atoms with Crippen LogP contribution in [0, 0.1) is 0 Å². The summed E-state index contributed by atoms with van der Waals surface area (Å²) in [5.41, 5.74) is 4.43. The van der Waals surface area contributed by atoms with Crippen molar-refractivity contribution in [3.05, 3.63) is 59.7 Å². The number of carboxylic acids is 1. The van der Waals surface area contributed by atoms with Crippen LogP contribution < -0.4 is 5.32 Å². The summed E-state index contributed by atoms with van der Waals surface area (Å²) in [6.07, 6.45) is 5.88. The molecule has 1 heterocycles. The van der Waals surface area contributed by atoms with Gasteiger partial charge in [0.2, 0.25) is 5.91 Å². The number of nitrogens with zero attached hydrogens (tertiary/aromatic N) is 2. The zero-order valence-corrected chi connectivity index (χ0v) is 22.7. The number of aromatic nitrogens is 1. The quantitative estimate of drug-likeness (QED) is 0.341. The second-order valence-corrected chi connectivity index (χ2v) is 10.9. The van der Waals surface area contributed by atoms with Gasteiger partial charge in [0.25, 0.3) is 0 Å². The van der Waals surface area contributed by atoms with E-state index in [1.165, 1.54) is 24.8 Å². The third-order valence-corrected chi connectivity index (χ3v) is 7.73. The van der Waals surface area contributed by atoms with E-state index in [0.29, 0.717) is 24.5 Å². The molecule has 0 unspecified atom stereocenters. The number of hydrogen-bond acceptors (Lipinski definition) is 3. The van der Waals surface area contributed by atoms with Crippen molar-refractivity contribution in [2.24, 2.45) is 0 Å². The monoisotopic (exact) mass is 503 g/mol. The lowest BCUT2D eigenvalue weighted by Gasteiger charge is -2.30. The summed E-state index contributed by atoms with van der Waals surface area (Å²) in [7, 11) is 0. The van der Waals surface area contributed by atoms with Crippen LogP contribution in [0.1, 0.15) is 81.6 Å². The number of fused-ring (bicyclic) bond motifs is 1. The SMILES string of the molecule is CC(C)N(CCNC(=O)Cn1c(-c2ccccc2)c(C2CCCCC2)c2ccc(C(=O)O)cc21)C(C)C. The first-order valence-corrected chi connectivity index (χ1v) is 13.7. The van der Waals surface area contributed by atoms with Gasteiger partial charge in [-0.1, -0.05) is 55.7 Å². The molecule has 0 bridgehead atoms. The van der Waals surface area contributed by atoms with E-state index in [9.17, 15) is 14.7 Å². The van der Waals surface area contributed by atoms with Crippen molar-refractivity contribution in [2.45, 2.75) is 84.3 Å². The number of carboxylic acid groups (broad SMARTS) is 1. The first-order chi connectivity index (χ1) is 17.8. The Kier molecular flexibility index (Phi) is 8.70. The van der Waals surface area contributed by atoms with E-state index < -0.39 is 5.97 Å². The molecule has 1 aliphatic carbocycles. The highest BCUT2D eigenvalue weighted by atomic mass is 16.4. The lowest BCUT2D eigenvalue weighted by molar-refractivity contribution is -0.121. The van der Waals surface area contributed by atoms with Gasteiger partial charge in [0.05, 0.1) is 16.8 Å². The van der Waals surface area contributed by atoms with Crippen LogP contribution in [0.2, 0.25) is 0 Å². The molecule has 0 radical (unpaired) electrons. The van der Waals surface area contributed by atoms with Crippen molar-refractivity contribution in [1.29, 1.82) is 0 Å². The Bertz CT molecular complexity index is 1220. The Hall–Kier alpha value is -3.12. The number of carbonyl (C=O) groups is 2. The van der Waals surface area contributed by atoms with Gasteiger partial charge >= 0.3 is 5.97 Å². The van der Waals surface area contributed by atoms with Crippen LogP contribution in [0.4, 0.5) is 0 Å². The lowest BCUT2D eigenvalue weighted by Crippen LogP contribution is -2.43. The first kappa shape index (κ1) is 26.9. The maximum absolute atomic E-state index is 13.3. The van der Waals surface area contributed by atoms with E-state index >= 15 is 0 Å². The van der Waals surface area contributed by atoms with Gasteiger partial charge in [-0.25, -0.2) is 4.79 Å². The van der Waals surface area contributed by atoms with Gasteiger partial charge in [-0.15, -0.1) is 0 Å². The molecule has 1 saturated carbocycles. The predicted molar refractivity (Wildman–Crippen MR) is 150 cm³/mol. The van der Waals surface area contributed by atoms with Gasteiger partial charge in [-0.2, -0.15) is 0 Å². The molecule has 2 N–H and O–H groups in total. The van der Waals surface area contributed by atoms with Crippen molar-refractivity contribution in [3.63, 3.8) is 0 Å². The number of nitrogens with one attached hydrogen (secondary N) is 1. The number of rotatable bonds is 10. The van der Waals surface area contributed by atoms with E-state index in [4.69, 9.17) is 0 Å². The molecule has 6 nitrogen and oxygen atoms in total. The normalized spacial score (nSPS) is 14.7. The highest BCUT2D eigenvalue weighted by Gasteiger charge is 2.27. The molecule has 0 saturated heterocycles. The smallest absolute Gasteiger partial charge is 0.335 e. The fourth-order valence-electron chi connectivity index (χ4n) is 6.02. The van der Waals surface area contributed by atoms with Crippen LogP contribution in [-0.2, 0) is 11.3 Å². The van der Waals surface area contributed by atoms with Crippen LogP contribution in [0.25, 0.3) is 22.2 Å². The highest BCUT2D eigenvalue weighted by molar-refractivity contribution is 5.99. The van der Waals surface area contributed by atoms with E-state index in [1.807, 2.05) is 24.3 Å². The van der Waals surface area contributed by atoms with E-state index in [0.717, 1.165) is 41.5 Å². The van der Waals surface area contributed by atoms with Gasteiger partial charge < -0.3 is 15.0 Å². The van der Waals surface area contributed by atoms with Gasteiger partial charge in [0.1, 0.15) is 6.54 Å². The third-order valence-electron chi connectivity index (χ3n) is 7.73. The number of aromatic carboxylic acids is 1. The average Bonchev–Trinajstić information content (AvgIpc) is 3.20. The summed E-state index contributed by atoms with van der Waals surface area (Å²) in [5, 5.41) is 13.9. The Morgan fingerprint density at radius 3 is 2.30 bits per heavy atom. The zero-order chi connectivity index (χ0) is 26.5. The third kappa shape index (κ3) is 6.07. The molecule has 0 aliphatic heterocycles. The van der Waals surface area contributed by atoms with Gasteiger partial charge in [-0.3, -0.25) is 9.69 Å². The molecule has 4 rings (SSSR count). The molecule has 37 heavy (non-hydrogen) atoms. The molecule has 6 heteroatoms. The molecule has 1 amide bonds. The molecule has 0 spiro atoms. The maximum atomic E-state index is 13.3. The fraction of sp³-hybridized carbons (Fsp3) is 0.484. The molecule has 2 aromatic carbocycles. The minimum Gasteiger partial charge on any atom is -0.478 e. The largest absolute Gasteiger partial charge is 0.478 e. The Balaban J connectivity index is 1.75. The molecule has 1 aliphatic rings. The first-order valence-electron chi connectivity index (χ1n) is 13.7. The molecule has 1 aromatic heterocycles. The summed E-state index contributed by atoms with van der Waals surface area (Å²) in [6, 6.07) is 16.4. The van der Waals surface area contributed by atoms with Crippen molar-refractivity contribution < 1.29 is 14.7 Å². The van der Waals surface area contributed by atoms with Crippen molar-refractivity contribution in [2.75, 3.05) is 13.1 Å². The molecule has 3 aromatic rings. The summed E-state index contributed by atoms with van der Waals surface area (Å²) >= 11 is 0. The van der Waals surface area contributed by atoms with Crippen LogP contribution >= 0.6 is 0 Å². The fourth-order valence-corrected chi connectivity index (χ4v) is 6.02. The second-order valence-electron chi connectivity index (χ2n) is 10.9. The van der Waals surface area contributed by atoms with Gasteiger partial charge in [-0.05, 0) is 69.7 Å². The number of benzene rings is 2. The van der Waals surface area contributed by atoms with Crippen molar-refractivity contribution in [1.82, 2.24) is 14.8 Å². The zero-order valence-electron chi connectivity index (χ0n) is 22.7. The lowest BCUT2D eigenvalue weighted by atomic mass is 9.82. The average molecular weight is 504 g/mol. The molecular formula is C31H41N3O3. The topological polar surface area (TPSA) is 74.6 Å². The Morgan fingerprint density at radius 2 is 1.68 bits per heavy atom. The van der Waals surface area contributed by atoms with Crippen LogP contribution in [-0.4, -0.2) is 51.6 Å². The highest BCUT2D eigenvalue weighted by Crippen LogP contribution is 2.44. The maximum Gasteiger partial charge on any atom is 0.335 e. The minimum atomic E-state index is -0.956. The van der Waals surface area contributed by atoms with Crippen molar-refractivity contribution in [3.8, 4) is 11.3 Å². The molecule has 198 valence electrons. The van der Waals surface area contributed by atoms with Gasteiger partial charge in [0.15, 0.2) is 0 Å². The Morgan fingerprint density at radius 1 is 1.00 bits per heavy atom. The summed E-state index contributed by atoms with van der Waals surface area (Å²) < 4.78 is 2.05. The molecule has 0 atom stereocenters. The number of carbonyl (C=O) groups excluding carboxylic acids is 1. The van der Waals surface area contributed by atoms with Crippen LogP contribution in [0.15, 0.2) is 48.5 Å². The summed E-state index contributed by atoms with van der Waals surface area (Å²) in [6.45, 7) is 10.2. The van der Waals surface area contributed by atoms with Crippen LogP contribution in [0.3, 0.4) is 0 Å². The standard InChI is InChI=1S/C31H41N3O3/c1-21(2)33(22(3)4)18-17-32-28(35)20-34-27-19-25(31(36)37)15-16-26(27)29(23-11-7-5-8-12-23)30(34)24-13-9-6-10-14-24/h6,9-10,13-16,19,21-23H,5,7-8,11-12,17-18,20H2,1-4H3,(H,32,35)(H,36,37).